The molecule has 0 radical (unpaired) electrons. The zero-order valence-electron chi connectivity index (χ0n) is 20.1. The fourth-order valence-corrected chi connectivity index (χ4v) is 4.63. The minimum Gasteiger partial charge on any atom is -0.493 e. The normalized spacial score (nSPS) is 16.3. The van der Waals surface area contributed by atoms with E-state index in [0.29, 0.717) is 23.5 Å². The monoisotopic (exact) mass is 484 g/mol. The summed E-state index contributed by atoms with van der Waals surface area (Å²) in [6, 6.07) is 9.99. The molecule has 1 saturated heterocycles. The van der Waals surface area contributed by atoms with Crippen molar-refractivity contribution in [2.45, 2.75) is 19.4 Å². The number of pyridine rings is 1. The Balaban J connectivity index is 1.12. The van der Waals surface area contributed by atoms with Gasteiger partial charge >= 0.3 is 0 Å². The number of carbonyl (C=O) groups excluding carboxylic acids is 1. The molecule has 4 heterocycles. The van der Waals surface area contributed by atoms with Gasteiger partial charge in [0.05, 0.1) is 24.3 Å². The largest absolute Gasteiger partial charge is 0.493 e. The quantitative estimate of drug-likeness (QED) is 0.411. The number of fused-ring (bicyclic) bond motifs is 1. The molecule has 6 rings (SSSR count). The first kappa shape index (κ1) is 22.4. The maximum absolute atomic E-state index is 12.3. The highest BCUT2D eigenvalue weighted by molar-refractivity contribution is 5.84. The van der Waals surface area contributed by atoms with Gasteiger partial charge in [0.25, 0.3) is 0 Å². The molecular weight excluding hydrogens is 456 g/mol. The van der Waals surface area contributed by atoms with Crippen molar-refractivity contribution < 1.29 is 9.53 Å². The topological polar surface area (TPSA) is 112 Å². The Morgan fingerprint density at radius 3 is 2.81 bits per heavy atom. The number of H-pyrrole nitrogens is 1. The number of anilines is 2. The SMILES string of the molecule is COc1cncnc1-c1ccc2nc(Nc3cc(CN4CCN(C(=O)C5CC5)CC4)ccn3)[nH]c2c1. The van der Waals surface area contributed by atoms with Crippen LogP contribution in [0.1, 0.15) is 18.4 Å². The lowest BCUT2D eigenvalue weighted by Crippen LogP contribution is -2.48. The number of piperazine rings is 1. The molecule has 10 heteroatoms. The number of aromatic amines is 1. The van der Waals surface area contributed by atoms with Crippen LogP contribution in [0.15, 0.2) is 49.1 Å². The van der Waals surface area contributed by atoms with Crippen molar-refractivity contribution in [2.24, 2.45) is 5.92 Å². The van der Waals surface area contributed by atoms with E-state index in [2.05, 4.69) is 35.1 Å². The summed E-state index contributed by atoms with van der Waals surface area (Å²) in [4.78, 5) is 37.6. The summed E-state index contributed by atoms with van der Waals surface area (Å²) in [5.74, 6) is 2.61. The maximum Gasteiger partial charge on any atom is 0.225 e. The van der Waals surface area contributed by atoms with Crippen LogP contribution in [0.3, 0.4) is 0 Å². The highest BCUT2D eigenvalue weighted by atomic mass is 16.5. The summed E-state index contributed by atoms with van der Waals surface area (Å²) < 4.78 is 5.40. The number of nitrogens with zero attached hydrogens (tertiary/aromatic N) is 6. The maximum atomic E-state index is 12.3. The van der Waals surface area contributed by atoms with Crippen LogP contribution in [0.4, 0.5) is 11.8 Å². The number of amides is 1. The molecule has 1 amide bonds. The number of hydrogen-bond acceptors (Lipinski definition) is 8. The zero-order valence-corrected chi connectivity index (χ0v) is 20.1. The molecule has 36 heavy (non-hydrogen) atoms. The van der Waals surface area contributed by atoms with Crippen molar-refractivity contribution in [3.63, 3.8) is 0 Å². The number of ether oxygens (including phenoxy) is 1. The summed E-state index contributed by atoms with van der Waals surface area (Å²) in [6.45, 7) is 4.24. The number of benzene rings is 1. The van der Waals surface area contributed by atoms with Gasteiger partial charge in [-0.1, -0.05) is 6.07 Å². The minimum atomic E-state index is 0.297. The van der Waals surface area contributed by atoms with Crippen molar-refractivity contribution in [2.75, 3.05) is 38.6 Å². The molecule has 3 aromatic heterocycles. The zero-order chi connectivity index (χ0) is 24.5. The first-order chi connectivity index (χ1) is 17.7. The summed E-state index contributed by atoms with van der Waals surface area (Å²) in [6.07, 6.45) is 7.10. The van der Waals surface area contributed by atoms with Gasteiger partial charge in [-0.05, 0) is 42.7 Å². The smallest absolute Gasteiger partial charge is 0.225 e. The molecule has 2 aliphatic rings. The summed E-state index contributed by atoms with van der Waals surface area (Å²) in [5, 5.41) is 3.29. The van der Waals surface area contributed by atoms with Crippen LogP contribution in [0.25, 0.3) is 22.3 Å². The second-order valence-electron chi connectivity index (χ2n) is 9.31. The molecule has 2 N–H and O–H groups in total. The van der Waals surface area contributed by atoms with Crippen molar-refractivity contribution in [3.05, 3.63) is 54.6 Å². The van der Waals surface area contributed by atoms with Gasteiger partial charge in [0.2, 0.25) is 11.9 Å². The van der Waals surface area contributed by atoms with Gasteiger partial charge in [-0.2, -0.15) is 0 Å². The molecule has 0 spiro atoms. The van der Waals surface area contributed by atoms with Crippen molar-refractivity contribution in [3.8, 4) is 17.0 Å². The third-order valence-electron chi connectivity index (χ3n) is 6.74. The predicted molar refractivity (Wildman–Crippen MR) is 136 cm³/mol. The van der Waals surface area contributed by atoms with Crippen molar-refractivity contribution in [1.29, 1.82) is 0 Å². The predicted octanol–water partition coefficient (Wildman–Crippen LogP) is 3.22. The van der Waals surface area contributed by atoms with Crippen LogP contribution in [-0.2, 0) is 11.3 Å². The number of imidazole rings is 1. The van der Waals surface area contributed by atoms with E-state index >= 15 is 0 Å². The molecular formula is C26H28N8O2. The number of hydrogen-bond donors (Lipinski definition) is 2. The number of rotatable bonds is 7. The van der Waals surface area contributed by atoms with E-state index in [0.717, 1.165) is 73.7 Å². The second kappa shape index (κ2) is 9.54. The molecule has 0 bridgehead atoms. The number of methoxy groups -OCH3 is 1. The van der Waals surface area contributed by atoms with E-state index < -0.39 is 0 Å². The molecule has 10 nitrogen and oxygen atoms in total. The first-order valence-electron chi connectivity index (χ1n) is 12.2. The third-order valence-corrected chi connectivity index (χ3v) is 6.74. The van der Waals surface area contributed by atoms with E-state index in [1.165, 1.54) is 11.9 Å². The van der Waals surface area contributed by atoms with Crippen LogP contribution in [-0.4, -0.2) is 73.9 Å². The molecule has 1 aromatic carbocycles. The molecule has 0 unspecified atom stereocenters. The van der Waals surface area contributed by atoms with Gasteiger partial charge in [0.1, 0.15) is 17.8 Å². The van der Waals surface area contributed by atoms with Crippen LogP contribution in [0.5, 0.6) is 5.75 Å². The molecule has 0 atom stereocenters. The Bertz CT molecular complexity index is 1390. The van der Waals surface area contributed by atoms with Crippen LogP contribution >= 0.6 is 0 Å². The lowest BCUT2D eigenvalue weighted by Gasteiger charge is -2.34. The third kappa shape index (κ3) is 4.72. The van der Waals surface area contributed by atoms with Crippen LogP contribution in [0.2, 0.25) is 0 Å². The Hall–Kier alpha value is -4.05. The summed E-state index contributed by atoms with van der Waals surface area (Å²) in [7, 11) is 1.61. The van der Waals surface area contributed by atoms with E-state index in [-0.39, 0.29) is 0 Å². The summed E-state index contributed by atoms with van der Waals surface area (Å²) in [5.41, 5.74) is 4.53. The van der Waals surface area contributed by atoms with Gasteiger partial charge in [0, 0.05) is 50.4 Å². The fraction of sp³-hybridized carbons (Fsp3) is 0.346. The molecule has 1 saturated carbocycles. The molecule has 2 fully saturated rings. The number of aromatic nitrogens is 5. The van der Waals surface area contributed by atoms with Crippen molar-refractivity contribution >= 4 is 28.7 Å². The lowest BCUT2D eigenvalue weighted by molar-refractivity contribution is -0.134. The van der Waals surface area contributed by atoms with Crippen LogP contribution in [0, 0.1) is 5.92 Å². The number of nitrogens with one attached hydrogen (secondary N) is 2. The molecule has 4 aromatic rings. The Morgan fingerprint density at radius 2 is 2.00 bits per heavy atom. The van der Waals surface area contributed by atoms with Gasteiger partial charge in [-0.25, -0.2) is 19.9 Å². The Morgan fingerprint density at radius 1 is 1.14 bits per heavy atom. The molecule has 1 aliphatic carbocycles. The summed E-state index contributed by atoms with van der Waals surface area (Å²) >= 11 is 0. The minimum absolute atomic E-state index is 0.297. The highest BCUT2D eigenvalue weighted by Gasteiger charge is 2.34. The van der Waals surface area contributed by atoms with E-state index in [4.69, 9.17) is 4.74 Å². The fourth-order valence-electron chi connectivity index (χ4n) is 4.63. The standard InChI is InChI=1S/C26H28N8O2/c1-36-22-14-27-16-29-24(22)19-4-5-20-21(13-19)31-26(30-20)32-23-12-17(6-7-28-23)15-33-8-10-34(11-9-33)25(35)18-2-3-18/h4-7,12-14,16,18H,2-3,8-11,15H2,1H3,(H2,28,30,31,32). The molecule has 1 aliphatic heterocycles. The average molecular weight is 485 g/mol. The molecule has 184 valence electrons. The van der Waals surface area contributed by atoms with Crippen molar-refractivity contribution in [1.82, 2.24) is 34.7 Å². The van der Waals surface area contributed by atoms with E-state index in [1.54, 1.807) is 13.3 Å². The average Bonchev–Trinajstić information content (AvgIpc) is 3.68. The van der Waals surface area contributed by atoms with Gasteiger partial charge < -0.3 is 19.9 Å². The van der Waals surface area contributed by atoms with Gasteiger partial charge in [0.15, 0.2) is 5.75 Å². The number of carbonyl (C=O) groups is 1. The Kier molecular flexibility index (Phi) is 5.94. The van der Waals surface area contributed by atoms with Gasteiger partial charge in [-0.15, -0.1) is 0 Å². The van der Waals surface area contributed by atoms with Crippen LogP contribution < -0.4 is 10.1 Å². The highest BCUT2D eigenvalue weighted by Crippen LogP contribution is 2.31. The first-order valence-corrected chi connectivity index (χ1v) is 12.2. The lowest BCUT2D eigenvalue weighted by atomic mass is 10.1. The van der Waals surface area contributed by atoms with E-state index in [1.807, 2.05) is 41.4 Å². The van der Waals surface area contributed by atoms with Gasteiger partial charge in [-0.3, -0.25) is 9.69 Å². The Labute approximate surface area is 208 Å². The van der Waals surface area contributed by atoms with E-state index in [9.17, 15) is 4.79 Å². The second-order valence-corrected chi connectivity index (χ2v) is 9.31.